The van der Waals surface area contributed by atoms with Gasteiger partial charge in [-0.05, 0) is 44.9 Å². The number of hydrogen-bond acceptors (Lipinski definition) is 22. The number of esters is 1. The van der Waals surface area contributed by atoms with Gasteiger partial charge in [-0.1, -0.05) is 42.3 Å². The van der Waals surface area contributed by atoms with Crippen molar-refractivity contribution in [3.8, 4) is 17.5 Å². The van der Waals surface area contributed by atoms with E-state index < -0.39 is 83.9 Å². The average Bonchev–Trinajstić information content (AvgIpc) is 2.23. The molecule has 1 aromatic carbocycles. The molecule has 2 aromatic rings. The number of thioether (sulfide) groups is 1. The van der Waals surface area contributed by atoms with Gasteiger partial charge in [0.1, 0.15) is 60.5 Å². The SMILES string of the molecule is COc1cc2cc(c1Cl)N(C)C(=O)CC(OC(=O)C(C)N(C)C(=O)CCSc1cc(O)n(CCNC(=O)COCCOCCNC(=O)COCCOCCNC(=O)CON)c1O)C1(C)OC1C(C)C1CC(O)(NC(=O)O1)C(OC)C=CC=C(C)C2. The van der Waals surface area contributed by atoms with E-state index in [9.17, 15) is 48.9 Å². The van der Waals surface area contributed by atoms with Gasteiger partial charge in [0.2, 0.25) is 35.4 Å². The molecule has 474 valence electrons. The number of nitrogens with two attached hydrogens (primary N) is 1. The number of allylic oxidation sites excluding steroid dienone is 3. The smallest absolute Gasteiger partial charge is 0.409 e. The van der Waals surface area contributed by atoms with Crippen molar-refractivity contribution < 1.29 is 96.4 Å². The van der Waals surface area contributed by atoms with E-state index in [0.717, 1.165) is 22.9 Å². The van der Waals surface area contributed by atoms with Gasteiger partial charge in [-0.25, -0.2) is 15.5 Å². The van der Waals surface area contributed by atoms with Crippen molar-refractivity contribution in [1.29, 1.82) is 0 Å². The molecule has 30 heteroatoms. The Morgan fingerprint density at radius 3 is 2.19 bits per heavy atom. The number of epoxide rings is 1. The molecule has 1 aromatic heterocycles. The van der Waals surface area contributed by atoms with E-state index in [-0.39, 0.29) is 138 Å². The number of aliphatic hydroxyl groups is 1. The van der Waals surface area contributed by atoms with Gasteiger partial charge in [-0.15, -0.1) is 11.8 Å². The van der Waals surface area contributed by atoms with Crippen molar-refractivity contribution in [3.05, 3.63) is 52.6 Å². The van der Waals surface area contributed by atoms with Crippen LogP contribution in [-0.2, 0) is 84.5 Å². The number of carbonyl (C=O) groups excluding carboxylic acids is 7. The van der Waals surface area contributed by atoms with Crippen LogP contribution in [-0.4, -0.2) is 221 Å². The van der Waals surface area contributed by atoms with Crippen LogP contribution in [0.25, 0.3) is 0 Å². The molecule has 2 saturated heterocycles. The van der Waals surface area contributed by atoms with E-state index in [1.54, 1.807) is 38.1 Å². The highest BCUT2D eigenvalue weighted by atomic mass is 35.5. The molecule has 8 unspecified atom stereocenters. The van der Waals surface area contributed by atoms with Crippen LogP contribution in [0.5, 0.6) is 17.5 Å². The fourth-order valence-corrected chi connectivity index (χ4v) is 10.5. The maximum Gasteiger partial charge on any atom is 0.409 e. The van der Waals surface area contributed by atoms with Crippen molar-refractivity contribution in [2.75, 3.05) is 118 Å². The fourth-order valence-electron chi connectivity index (χ4n) is 9.30. The van der Waals surface area contributed by atoms with Crippen molar-refractivity contribution in [2.24, 2.45) is 11.8 Å². The number of carbonyl (C=O) groups is 7. The molecule has 4 heterocycles. The summed E-state index contributed by atoms with van der Waals surface area (Å²) >= 11 is 7.90. The molecule has 0 saturated carbocycles. The van der Waals surface area contributed by atoms with Crippen LogP contribution in [0.4, 0.5) is 10.5 Å². The summed E-state index contributed by atoms with van der Waals surface area (Å²) in [4.78, 5) is 97.7. The molecule has 5 rings (SSSR count). The van der Waals surface area contributed by atoms with Gasteiger partial charge in [-0.2, -0.15) is 0 Å². The van der Waals surface area contributed by atoms with Crippen molar-refractivity contribution >= 4 is 70.6 Å². The first-order chi connectivity index (χ1) is 40.5. The molecular formula is C55H81ClN8O20S. The second kappa shape index (κ2) is 33.6. The van der Waals surface area contributed by atoms with E-state index in [1.807, 2.05) is 13.0 Å². The Balaban J connectivity index is 1.08. The van der Waals surface area contributed by atoms with Gasteiger partial charge < -0.3 is 83.7 Å². The highest BCUT2D eigenvalue weighted by molar-refractivity contribution is 7.99. The minimum atomic E-state index is -1.90. The van der Waals surface area contributed by atoms with Crippen molar-refractivity contribution in [2.45, 2.75) is 107 Å². The Labute approximate surface area is 502 Å². The van der Waals surface area contributed by atoms with Gasteiger partial charge in [0.25, 0.3) is 0 Å². The Hall–Kier alpha value is -6.25. The fraction of sp³-hybridized carbons (Fsp3) is 0.618. The third-order valence-corrected chi connectivity index (χ3v) is 15.7. The first kappa shape index (κ1) is 69.5. The lowest BCUT2D eigenvalue weighted by molar-refractivity contribution is -0.162. The number of hydrogen-bond donors (Lipinski definition) is 8. The topological polar surface area (TPSA) is 361 Å². The zero-order chi connectivity index (χ0) is 62.4. The largest absolute Gasteiger partial charge is 0.495 e. The number of fused-ring (bicyclic) bond motifs is 5. The standard InChI is InChI=1S/C55H81ClN8O20S/c1-33-10-9-11-41(76-8)55(74)29-39(82-53(73)61-55)34(2)50-54(4,84-50)42(28-47(69)63(6)37-25-36(24-33)26-38(75-7)49(37)56)83-52(72)35(3)62(5)46(68)12-23-85-40-27-48(70)64(51(40)71)16-13-58-43(65)30-79-21-19-77-17-14-59-44(66)31-80-22-20-78-18-15-60-45(67)32-81-57/h9-11,25-27,34-35,39,41-42,50,70-71,74H,12-24,28-32,57H2,1-8H3,(H,58,65)(H,59,66)(H,60,67)(H,61,73). The quantitative estimate of drug-likeness (QED) is 0.0179. The van der Waals surface area contributed by atoms with Crippen LogP contribution < -0.4 is 36.8 Å². The molecular weight excluding hydrogens is 1160 g/mol. The van der Waals surface area contributed by atoms with Crippen LogP contribution in [0.3, 0.4) is 0 Å². The van der Waals surface area contributed by atoms with Gasteiger partial charge in [0, 0.05) is 78.0 Å². The summed E-state index contributed by atoms with van der Waals surface area (Å²) in [6.07, 6.45) is 0.109. The Morgan fingerprint density at radius 1 is 0.941 bits per heavy atom. The number of anilines is 1. The second-order valence-corrected chi connectivity index (χ2v) is 22.0. The summed E-state index contributed by atoms with van der Waals surface area (Å²) in [5.74, 6) is 1.07. The molecule has 85 heavy (non-hydrogen) atoms. The molecule has 4 bridgehead atoms. The van der Waals surface area contributed by atoms with Gasteiger partial charge in [0.15, 0.2) is 11.6 Å². The highest BCUT2D eigenvalue weighted by Crippen LogP contribution is 2.49. The lowest BCUT2D eigenvalue weighted by Crippen LogP contribution is -2.63. The number of likely N-dealkylation sites (N-methyl/N-ethyl adjacent to an activating group) is 1. The average molecular weight is 1240 g/mol. The minimum Gasteiger partial charge on any atom is -0.495 e. The van der Waals surface area contributed by atoms with Crippen LogP contribution in [0, 0.1) is 5.92 Å². The first-order valence-electron chi connectivity index (χ1n) is 27.5. The first-order valence-corrected chi connectivity index (χ1v) is 28.8. The number of aromatic hydroxyl groups is 2. The molecule has 6 amide bonds. The number of halogens is 1. The maximum atomic E-state index is 14.4. The van der Waals surface area contributed by atoms with E-state index in [4.69, 9.17) is 60.1 Å². The lowest BCUT2D eigenvalue weighted by atomic mass is 9.83. The van der Waals surface area contributed by atoms with E-state index in [2.05, 4.69) is 26.1 Å². The normalized spacial score (nSPS) is 22.7. The zero-order valence-electron chi connectivity index (χ0n) is 49.1. The van der Waals surface area contributed by atoms with Gasteiger partial charge >= 0.3 is 12.1 Å². The number of aromatic nitrogens is 1. The lowest BCUT2D eigenvalue weighted by Gasteiger charge is -2.42. The van der Waals surface area contributed by atoms with Crippen LogP contribution in [0.1, 0.15) is 52.5 Å². The third kappa shape index (κ3) is 20.4. The Bertz CT molecular complexity index is 2680. The molecule has 3 aliphatic rings. The summed E-state index contributed by atoms with van der Waals surface area (Å²) in [5, 5.41) is 43.9. The predicted octanol–water partition coefficient (Wildman–Crippen LogP) is 1.21. The van der Waals surface area contributed by atoms with E-state index >= 15 is 0 Å². The summed E-state index contributed by atoms with van der Waals surface area (Å²) in [5.41, 5.74) is -1.26. The number of benzene rings is 1. The van der Waals surface area contributed by atoms with Gasteiger partial charge in [0.05, 0.1) is 69.9 Å². The van der Waals surface area contributed by atoms with Crippen LogP contribution in [0.15, 0.2) is 46.9 Å². The second-order valence-electron chi connectivity index (χ2n) is 20.5. The summed E-state index contributed by atoms with van der Waals surface area (Å²) in [6, 6.07) is 3.66. The van der Waals surface area contributed by atoms with Crippen molar-refractivity contribution in [1.82, 2.24) is 30.7 Å². The summed E-state index contributed by atoms with van der Waals surface area (Å²) < 4.78 is 51.9. The molecule has 0 spiro atoms. The maximum absolute atomic E-state index is 14.4. The molecule has 3 aliphatic heterocycles. The summed E-state index contributed by atoms with van der Waals surface area (Å²) in [6.45, 7) is 7.69. The zero-order valence-corrected chi connectivity index (χ0v) is 50.7. The van der Waals surface area contributed by atoms with Crippen LogP contribution >= 0.6 is 23.4 Å². The Morgan fingerprint density at radius 2 is 1.56 bits per heavy atom. The van der Waals surface area contributed by atoms with Crippen molar-refractivity contribution in [3.63, 3.8) is 0 Å². The number of amides is 6. The molecule has 0 radical (unpaired) electrons. The number of nitrogens with zero attached hydrogens (tertiary/aromatic N) is 3. The molecule has 28 nitrogen and oxygen atoms in total. The molecule has 8 atom stereocenters. The van der Waals surface area contributed by atoms with Crippen LogP contribution in [0.2, 0.25) is 5.02 Å². The Kier molecular flexibility index (Phi) is 27.5. The molecule has 9 N–H and O–H groups in total. The molecule has 2 fully saturated rings. The number of methoxy groups -OCH3 is 2. The van der Waals surface area contributed by atoms with E-state index in [1.165, 1.54) is 55.7 Å². The molecule has 0 aliphatic carbocycles. The minimum absolute atomic E-state index is 0.00635. The monoisotopic (exact) mass is 1240 g/mol. The number of alkyl carbamates (subject to hydrolysis) is 1. The third-order valence-electron chi connectivity index (χ3n) is 14.3. The van der Waals surface area contributed by atoms with E-state index in [0.29, 0.717) is 17.9 Å². The number of rotatable bonds is 30. The predicted molar refractivity (Wildman–Crippen MR) is 307 cm³/mol. The number of nitrogens with one attached hydrogen (secondary N) is 4. The summed E-state index contributed by atoms with van der Waals surface area (Å²) in [7, 11) is 5.82. The van der Waals surface area contributed by atoms with Gasteiger partial charge in [-0.3, -0.25) is 38.7 Å². The number of ether oxygens (including phenoxy) is 9. The highest BCUT2D eigenvalue weighted by Gasteiger charge is 2.64.